The highest BCUT2D eigenvalue weighted by molar-refractivity contribution is 6.38. The number of ketones is 2. The lowest BCUT2D eigenvalue weighted by molar-refractivity contribution is -0.141. The van der Waals surface area contributed by atoms with Gasteiger partial charge in [-0.2, -0.15) is 0 Å². The fourth-order valence-corrected chi connectivity index (χ4v) is 6.45. The molecule has 6 rings (SSSR count). The Hall–Kier alpha value is -3.49. The number of likely N-dealkylation sites (tertiary alicyclic amines) is 1. The van der Waals surface area contributed by atoms with Crippen molar-refractivity contribution in [1.82, 2.24) is 20.1 Å². The fraction of sp³-hybridized carbons (Fsp3) is 0.567. The molecule has 2 aromatic rings. The van der Waals surface area contributed by atoms with E-state index in [9.17, 15) is 24.0 Å². The van der Waals surface area contributed by atoms with Gasteiger partial charge in [0, 0.05) is 42.9 Å². The van der Waals surface area contributed by atoms with Gasteiger partial charge in [0.05, 0.1) is 6.04 Å². The number of Topliss-reactive ketones (excluding diaryl/α,β-unsaturated/α-hetero) is 2. The van der Waals surface area contributed by atoms with E-state index in [4.69, 9.17) is 0 Å². The van der Waals surface area contributed by atoms with Crippen molar-refractivity contribution in [2.75, 3.05) is 6.54 Å². The van der Waals surface area contributed by atoms with Gasteiger partial charge in [0.2, 0.25) is 11.7 Å². The zero-order valence-corrected chi connectivity index (χ0v) is 22.4. The van der Waals surface area contributed by atoms with Crippen molar-refractivity contribution in [2.45, 2.75) is 82.3 Å². The van der Waals surface area contributed by atoms with E-state index in [1.807, 2.05) is 41.9 Å². The Labute approximate surface area is 227 Å². The number of hydrogen-bond donors (Lipinski definition) is 2. The first kappa shape index (κ1) is 25.8. The lowest BCUT2D eigenvalue weighted by Gasteiger charge is -2.39. The maximum atomic E-state index is 13.9. The average Bonchev–Trinajstić information content (AvgIpc) is 3.84. The molecule has 0 bridgehead atoms. The summed E-state index contributed by atoms with van der Waals surface area (Å²) in [6, 6.07) is 7.80. The first-order chi connectivity index (χ1) is 18.7. The van der Waals surface area contributed by atoms with Crippen molar-refractivity contribution < 1.29 is 24.0 Å². The molecule has 3 atom stereocenters. The van der Waals surface area contributed by atoms with E-state index < -0.39 is 29.7 Å². The van der Waals surface area contributed by atoms with Crippen LogP contribution in [-0.2, 0) is 26.2 Å². The van der Waals surface area contributed by atoms with Crippen LogP contribution in [0.3, 0.4) is 0 Å². The standard InChI is InChI=1S/C30H36N4O5/c1-33-22-7-3-2-5-18(22)16-23(33)29(39)34-14-13-30(11-12-30)17-24(34)27(37)32-21(15-19-6-4-8-25(19)35)26(36)28(38)31-20-9-10-20/h2-3,5,7,16,19-21,24H,4,6,8-15,17H2,1H3,(H,31,38)(H,32,37)/t19-,21-,24-/m0/s1. The second-order valence-corrected chi connectivity index (χ2v) is 12.1. The maximum absolute atomic E-state index is 13.9. The number of piperidine rings is 1. The Bertz CT molecular complexity index is 1350. The zero-order valence-electron chi connectivity index (χ0n) is 22.4. The maximum Gasteiger partial charge on any atom is 0.289 e. The normalized spacial score (nSPS) is 24.5. The molecule has 0 radical (unpaired) electrons. The topological polar surface area (TPSA) is 118 Å². The van der Waals surface area contributed by atoms with Gasteiger partial charge < -0.3 is 20.1 Å². The van der Waals surface area contributed by atoms with Crippen LogP contribution in [0.1, 0.15) is 74.7 Å². The zero-order chi connectivity index (χ0) is 27.3. The molecule has 9 nitrogen and oxygen atoms in total. The number of nitrogens with zero attached hydrogens (tertiary/aromatic N) is 2. The van der Waals surface area contributed by atoms with Crippen molar-refractivity contribution in [3.63, 3.8) is 0 Å². The molecule has 2 heterocycles. The van der Waals surface area contributed by atoms with Crippen molar-refractivity contribution in [3.8, 4) is 0 Å². The van der Waals surface area contributed by atoms with Gasteiger partial charge in [-0.05, 0) is 75.3 Å². The minimum absolute atomic E-state index is 0.00731. The Kier molecular flexibility index (Phi) is 6.55. The highest BCUT2D eigenvalue weighted by atomic mass is 16.2. The summed E-state index contributed by atoms with van der Waals surface area (Å²) in [4.78, 5) is 67.7. The van der Waals surface area contributed by atoms with E-state index in [0.29, 0.717) is 31.5 Å². The highest BCUT2D eigenvalue weighted by Gasteiger charge is 2.51. The number of nitrogens with one attached hydrogen (secondary N) is 2. The van der Waals surface area contributed by atoms with E-state index in [0.717, 1.165) is 49.4 Å². The van der Waals surface area contributed by atoms with Crippen molar-refractivity contribution in [3.05, 3.63) is 36.0 Å². The van der Waals surface area contributed by atoms with Gasteiger partial charge in [-0.1, -0.05) is 18.2 Å². The first-order valence-corrected chi connectivity index (χ1v) is 14.3. The van der Waals surface area contributed by atoms with Crippen LogP contribution in [0, 0.1) is 11.3 Å². The third-order valence-electron chi connectivity index (χ3n) is 9.30. The predicted molar refractivity (Wildman–Crippen MR) is 144 cm³/mol. The molecule has 1 aliphatic heterocycles. The number of fused-ring (bicyclic) bond motifs is 1. The number of aromatic nitrogens is 1. The molecular weight excluding hydrogens is 496 g/mol. The molecule has 3 saturated carbocycles. The monoisotopic (exact) mass is 532 g/mol. The molecule has 4 aliphatic rings. The fourth-order valence-electron chi connectivity index (χ4n) is 6.45. The third kappa shape index (κ3) is 5.11. The van der Waals surface area contributed by atoms with Gasteiger partial charge >= 0.3 is 0 Å². The molecule has 4 fully saturated rings. The van der Waals surface area contributed by atoms with Gasteiger partial charge in [0.15, 0.2) is 0 Å². The molecule has 3 aliphatic carbocycles. The van der Waals surface area contributed by atoms with Crippen LogP contribution in [0.15, 0.2) is 30.3 Å². The van der Waals surface area contributed by atoms with Gasteiger partial charge in [-0.15, -0.1) is 0 Å². The van der Waals surface area contributed by atoms with Crippen LogP contribution in [0.2, 0.25) is 0 Å². The van der Waals surface area contributed by atoms with Crippen LogP contribution in [0.4, 0.5) is 0 Å². The van der Waals surface area contributed by atoms with E-state index in [-0.39, 0.29) is 35.5 Å². The number of amides is 3. The van der Waals surface area contributed by atoms with Crippen molar-refractivity contribution in [1.29, 1.82) is 0 Å². The Morgan fingerprint density at radius 3 is 2.51 bits per heavy atom. The molecule has 1 aromatic carbocycles. The Balaban J connectivity index is 1.24. The van der Waals surface area contributed by atoms with E-state index in [1.165, 1.54) is 0 Å². The quantitative estimate of drug-likeness (QED) is 0.507. The molecule has 3 amide bonds. The molecule has 1 aromatic heterocycles. The van der Waals surface area contributed by atoms with Crippen LogP contribution >= 0.6 is 0 Å². The lowest BCUT2D eigenvalue weighted by Crippen LogP contribution is -2.58. The molecule has 1 spiro atoms. The second-order valence-electron chi connectivity index (χ2n) is 12.1. The van der Waals surface area contributed by atoms with Gasteiger partial charge in [0.1, 0.15) is 17.5 Å². The largest absolute Gasteiger partial charge is 0.347 e. The summed E-state index contributed by atoms with van der Waals surface area (Å²) in [5.74, 6) is -2.33. The highest BCUT2D eigenvalue weighted by Crippen LogP contribution is 2.55. The average molecular weight is 533 g/mol. The summed E-state index contributed by atoms with van der Waals surface area (Å²) in [6.07, 6.45) is 7.10. The predicted octanol–water partition coefficient (Wildman–Crippen LogP) is 2.65. The number of aryl methyl sites for hydroxylation is 1. The van der Waals surface area contributed by atoms with Gasteiger partial charge in [-0.3, -0.25) is 24.0 Å². The first-order valence-electron chi connectivity index (χ1n) is 14.3. The Morgan fingerprint density at radius 2 is 1.85 bits per heavy atom. The number of carbonyl (C=O) groups excluding carboxylic acids is 5. The second kappa shape index (κ2) is 9.92. The molecule has 0 unspecified atom stereocenters. The number of carbonyl (C=O) groups is 5. The summed E-state index contributed by atoms with van der Waals surface area (Å²) >= 11 is 0. The SMILES string of the molecule is Cn1c(C(=O)N2CCC3(CC3)C[C@H]2C(=O)N[C@@H](C[C@@H]2CCCC2=O)C(=O)C(=O)NC2CC2)cc2ccccc21. The van der Waals surface area contributed by atoms with Crippen molar-refractivity contribution in [2.24, 2.45) is 18.4 Å². The van der Waals surface area contributed by atoms with Gasteiger partial charge in [0.25, 0.3) is 11.8 Å². The lowest BCUT2D eigenvalue weighted by atomic mass is 9.86. The van der Waals surface area contributed by atoms with Crippen LogP contribution in [-0.4, -0.2) is 63.4 Å². The summed E-state index contributed by atoms with van der Waals surface area (Å²) in [7, 11) is 1.85. The Morgan fingerprint density at radius 1 is 1.08 bits per heavy atom. The van der Waals surface area contributed by atoms with E-state index in [2.05, 4.69) is 10.6 Å². The number of hydrogen-bond acceptors (Lipinski definition) is 5. The molecule has 1 saturated heterocycles. The minimum Gasteiger partial charge on any atom is -0.347 e. The smallest absolute Gasteiger partial charge is 0.289 e. The van der Waals surface area contributed by atoms with Gasteiger partial charge in [-0.25, -0.2) is 0 Å². The molecular formula is C30H36N4O5. The minimum atomic E-state index is -1.09. The third-order valence-corrected chi connectivity index (χ3v) is 9.30. The number of para-hydroxylation sites is 1. The number of benzene rings is 1. The molecule has 9 heteroatoms. The molecule has 2 N–H and O–H groups in total. The van der Waals surface area contributed by atoms with Crippen LogP contribution < -0.4 is 10.6 Å². The van der Waals surface area contributed by atoms with E-state index in [1.54, 1.807) is 4.90 Å². The molecule has 39 heavy (non-hydrogen) atoms. The number of rotatable bonds is 8. The summed E-state index contributed by atoms with van der Waals surface area (Å²) in [5.41, 5.74) is 1.50. The van der Waals surface area contributed by atoms with Crippen LogP contribution in [0.5, 0.6) is 0 Å². The van der Waals surface area contributed by atoms with Crippen molar-refractivity contribution >= 4 is 40.2 Å². The van der Waals surface area contributed by atoms with Crippen LogP contribution in [0.25, 0.3) is 10.9 Å². The summed E-state index contributed by atoms with van der Waals surface area (Å²) in [6.45, 7) is 0.459. The summed E-state index contributed by atoms with van der Waals surface area (Å²) < 4.78 is 1.86. The molecule has 206 valence electrons. The van der Waals surface area contributed by atoms with E-state index >= 15 is 0 Å². The summed E-state index contributed by atoms with van der Waals surface area (Å²) in [5, 5.41) is 6.52.